The van der Waals surface area contributed by atoms with Crippen LogP contribution in [0.25, 0.3) is 0 Å². The fourth-order valence-corrected chi connectivity index (χ4v) is 2.42. The zero-order valence-electron chi connectivity index (χ0n) is 10.9. The number of rotatable bonds is 6. The van der Waals surface area contributed by atoms with Crippen molar-refractivity contribution >= 4 is 5.97 Å². The molecule has 0 unspecified atom stereocenters. The Balaban J connectivity index is 1.98. The summed E-state index contributed by atoms with van der Waals surface area (Å²) in [6.45, 7) is 0.466. The van der Waals surface area contributed by atoms with Gasteiger partial charge in [-0.1, -0.05) is 6.07 Å². The van der Waals surface area contributed by atoms with Gasteiger partial charge >= 0.3 is 5.97 Å². The molecule has 2 N–H and O–H groups in total. The standard InChI is InChI=1S/C14H18FNO3/c1-19-12-4-3-10(7-11(12)15)9-16-14(5-2-6-14)8-13(17)18/h3-4,7,16H,2,5-6,8-9H2,1H3,(H,17,18). The van der Waals surface area contributed by atoms with Crippen molar-refractivity contribution in [3.05, 3.63) is 29.6 Å². The Morgan fingerprint density at radius 1 is 1.53 bits per heavy atom. The third-order valence-corrected chi connectivity index (χ3v) is 3.68. The number of nitrogens with one attached hydrogen (secondary N) is 1. The van der Waals surface area contributed by atoms with Crippen LogP contribution in [0.1, 0.15) is 31.2 Å². The second kappa shape index (κ2) is 5.57. The van der Waals surface area contributed by atoms with E-state index in [4.69, 9.17) is 9.84 Å². The quantitative estimate of drug-likeness (QED) is 0.830. The van der Waals surface area contributed by atoms with Crippen LogP contribution < -0.4 is 10.1 Å². The van der Waals surface area contributed by atoms with Crippen molar-refractivity contribution in [1.29, 1.82) is 0 Å². The number of carboxylic acids is 1. The first-order valence-corrected chi connectivity index (χ1v) is 6.34. The molecule has 0 aliphatic heterocycles. The minimum atomic E-state index is -0.798. The highest BCUT2D eigenvalue weighted by atomic mass is 19.1. The maximum atomic E-state index is 13.5. The van der Waals surface area contributed by atoms with Gasteiger partial charge in [0, 0.05) is 12.1 Å². The number of hydrogen-bond acceptors (Lipinski definition) is 3. The van der Waals surface area contributed by atoms with Crippen LogP contribution in [0.15, 0.2) is 18.2 Å². The highest BCUT2D eigenvalue weighted by molar-refractivity contribution is 5.68. The Morgan fingerprint density at radius 2 is 2.26 bits per heavy atom. The van der Waals surface area contributed by atoms with Gasteiger partial charge in [0.05, 0.1) is 13.5 Å². The van der Waals surface area contributed by atoms with Crippen LogP contribution in [0.4, 0.5) is 4.39 Å². The molecule has 1 aliphatic rings. The summed E-state index contributed by atoms with van der Waals surface area (Å²) < 4.78 is 18.4. The number of carbonyl (C=O) groups is 1. The summed E-state index contributed by atoms with van der Waals surface area (Å²) in [5.74, 6) is -0.983. The monoisotopic (exact) mass is 267 g/mol. The fraction of sp³-hybridized carbons (Fsp3) is 0.500. The van der Waals surface area contributed by atoms with Gasteiger partial charge in [0.15, 0.2) is 11.6 Å². The molecule has 0 aromatic heterocycles. The van der Waals surface area contributed by atoms with Gasteiger partial charge in [-0.2, -0.15) is 0 Å². The van der Waals surface area contributed by atoms with E-state index in [1.54, 1.807) is 12.1 Å². The molecule has 0 radical (unpaired) electrons. The molecule has 0 bridgehead atoms. The number of halogens is 1. The second-order valence-corrected chi connectivity index (χ2v) is 5.03. The third-order valence-electron chi connectivity index (χ3n) is 3.68. The van der Waals surface area contributed by atoms with Crippen LogP contribution in [0.3, 0.4) is 0 Å². The molecule has 19 heavy (non-hydrogen) atoms. The lowest BCUT2D eigenvalue weighted by molar-refractivity contribution is -0.139. The van der Waals surface area contributed by atoms with Crippen molar-refractivity contribution in [3.8, 4) is 5.75 Å². The van der Waals surface area contributed by atoms with Gasteiger partial charge < -0.3 is 15.2 Å². The molecule has 5 heteroatoms. The van der Waals surface area contributed by atoms with Crippen molar-refractivity contribution in [3.63, 3.8) is 0 Å². The van der Waals surface area contributed by atoms with Gasteiger partial charge in [-0.05, 0) is 37.0 Å². The first-order chi connectivity index (χ1) is 9.04. The van der Waals surface area contributed by atoms with Crippen LogP contribution in [0.2, 0.25) is 0 Å². The average molecular weight is 267 g/mol. The predicted molar refractivity (Wildman–Crippen MR) is 68.6 cm³/mol. The van der Waals surface area contributed by atoms with E-state index >= 15 is 0 Å². The molecule has 4 nitrogen and oxygen atoms in total. The van der Waals surface area contributed by atoms with Gasteiger partial charge in [-0.25, -0.2) is 4.39 Å². The molecule has 1 aromatic carbocycles. The molecule has 0 saturated heterocycles. The van der Waals surface area contributed by atoms with E-state index in [2.05, 4.69) is 5.32 Å². The van der Waals surface area contributed by atoms with Gasteiger partial charge in [0.2, 0.25) is 0 Å². The normalized spacial score (nSPS) is 16.7. The molecule has 104 valence electrons. The topological polar surface area (TPSA) is 58.6 Å². The summed E-state index contributed by atoms with van der Waals surface area (Å²) in [6.07, 6.45) is 2.87. The Hall–Kier alpha value is -1.62. The number of aliphatic carboxylic acids is 1. The highest BCUT2D eigenvalue weighted by Crippen LogP contribution is 2.35. The summed E-state index contributed by atoms with van der Waals surface area (Å²) in [4.78, 5) is 10.8. The summed E-state index contributed by atoms with van der Waals surface area (Å²) in [5, 5.41) is 12.2. The number of benzene rings is 1. The predicted octanol–water partition coefficient (Wildman–Crippen LogP) is 2.32. The SMILES string of the molecule is COc1ccc(CNC2(CC(=O)O)CCC2)cc1F. The summed E-state index contributed by atoms with van der Waals surface area (Å²) in [5.41, 5.74) is 0.470. The van der Waals surface area contributed by atoms with Gasteiger partial charge in [-0.3, -0.25) is 4.79 Å². The van der Waals surface area contributed by atoms with Crippen molar-refractivity contribution < 1.29 is 19.0 Å². The number of methoxy groups -OCH3 is 1. The molecular weight excluding hydrogens is 249 g/mol. The molecule has 0 amide bonds. The smallest absolute Gasteiger partial charge is 0.305 e. The van der Waals surface area contributed by atoms with Gasteiger partial charge in [-0.15, -0.1) is 0 Å². The first-order valence-electron chi connectivity index (χ1n) is 6.34. The Bertz CT molecular complexity index is 472. The van der Waals surface area contributed by atoms with Crippen molar-refractivity contribution in [2.45, 2.75) is 37.8 Å². The first kappa shape index (κ1) is 13.8. The molecule has 2 rings (SSSR count). The number of ether oxygens (including phenoxy) is 1. The van der Waals surface area contributed by atoms with Crippen LogP contribution in [-0.2, 0) is 11.3 Å². The van der Waals surface area contributed by atoms with Crippen molar-refractivity contribution in [1.82, 2.24) is 5.32 Å². The Labute approximate surface area is 111 Å². The number of hydrogen-bond donors (Lipinski definition) is 2. The Morgan fingerprint density at radius 3 is 2.74 bits per heavy atom. The third kappa shape index (κ3) is 3.23. The average Bonchev–Trinajstić information content (AvgIpc) is 2.32. The van der Waals surface area contributed by atoms with Crippen LogP contribution in [0.5, 0.6) is 5.75 Å². The lowest BCUT2D eigenvalue weighted by Crippen LogP contribution is -2.51. The van der Waals surface area contributed by atoms with Crippen LogP contribution in [-0.4, -0.2) is 23.7 Å². The maximum absolute atomic E-state index is 13.5. The largest absolute Gasteiger partial charge is 0.494 e. The summed E-state index contributed by atoms with van der Waals surface area (Å²) >= 11 is 0. The zero-order valence-corrected chi connectivity index (χ0v) is 10.9. The molecule has 1 aliphatic carbocycles. The molecule has 0 spiro atoms. The van der Waals surface area contributed by atoms with E-state index in [-0.39, 0.29) is 17.7 Å². The summed E-state index contributed by atoms with van der Waals surface area (Å²) in [6, 6.07) is 4.78. The Kier molecular flexibility index (Phi) is 4.04. The molecule has 1 saturated carbocycles. The van der Waals surface area contributed by atoms with E-state index in [1.807, 2.05) is 0 Å². The van der Waals surface area contributed by atoms with E-state index in [9.17, 15) is 9.18 Å². The lowest BCUT2D eigenvalue weighted by atomic mass is 9.74. The van der Waals surface area contributed by atoms with E-state index in [0.29, 0.717) is 6.54 Å². The van der Waals surface area contributed by atoms with Crippen LogP contribution >= 0.6 is 0 Å². The fourth-order valence-electron chi connectivity index (χ4n) is 2.42. The lowest BCUT2D eigenvalue weighted by Gasteiger charge is -2.41. The molecule has 0 atom stereocenters. The minimum Gasteiger partial charge on any atom is -0.494 e. The number of carboxylic acid groups (broad SMARTS) is 1. The maximum Gasteiger partial charge on any atom is 0.305 e. The zero-order chi connectivity index (χ0) is 13.9. The minimum absolute atomic E-state index is 0.117. The summed E-state index contributed by atoms with van der Waals surface area (Å²) in [7, 11) is 1.42. The van der Waals surface area contributed by atoms with E-state index < -0.39 is 11.8 Å². The molecule has 1 aromatic rings. The molecule has 1 fully saturated rings. The van der Waals surface area contributed by atoms with Crippen LogP contribution in [0, 0.1) is 5.82 Å². The van der Waals surface area contributed by atoms with Gasteiger partial charge in [0.25, 0.3) is 0 Å². The van der Waals surface area contributed by atoms with E-state index in [1.165, 1.54) is 13.2 Å². The molecular formula is C14H18FNO3. The van der Waals surface area contributed by atoms with Gasteiger partial charge in [0.1, 0.15) is 0 Å². The highest BCUT2D eigenvalue weighted by Gasteiger charge is 2.38. The van der Waals surface area contributed by atoms with Crippen molar-refractivity contribution in [2.24, 2.45) is 0 Å². The molecule has 0 heterocycles. The van der Waals surface area contributed by atoms with Crippen molar-refractivity contribution in [2.75, 3.05) is 7.11 Å². The second-order valence-electron chi connectivity index (χ2n) is 5.03. The van der Waals surface area contributed by atoms with E-state index in [0.717, 1.165) is 24.8 Å².